The van der Waals surface area contributed by atoms with Gasteiger partial charge in [0.1, 0.15) is 19.0 Å². The molecule has 0 saturated heterocycles. The molecule has 4 rings (SSSR count). The zero-order valence-corrected chi connectivity index (χ0v) is 25.4. The van der Waals surface area contributed by atoms with Crippen molar-refractivity contribution in [2.24, 2.45) is 5.92 Å². The number of aliphatic hydroxyl groups excluding tert-OH is 1. The molecule has 0 spiro atoms. The number of carbonyl (C=O) groups is 3. The summed E-state index contributed by atoms with van der Waals surface area (Å²) < 4.78 is 17.0. The van der Waals surface area contributed by atoms with Crippen molar-refractivity contribution in [3.8, 4) is 5.75 Å². The Morgan fingerprint density at radius 1 is 0.911 bits per heavy atom. The monoisotopic (exact) mass is 614 g/mol. The van der Waals surface area contributed by atoms with Crippen LogP contribution in [0.15, 0.2) is 97.1 Å². The van der Waals surface area contributed by atoms with E-state index in [4.69, 9.17) is 14.2 Å². The van der Waals surface area contributed by atoms with Crippen molar-refractivity contribution in [3.63, 3.8) is 0 Å². The van der Waals surface area contributed by atoms with Gasteiger partial charge in [0.25, 0.3) is 0 Å². The van der Waals surface area contributed by atoms with E-state index in [1.54, 1.807) is 0 Å². The van der Waals surface area contributed by atoms with E-state index < -0.39 is 18.0 Å². The second kappa shape index (κ2) is 18.4. The van der Waals surface area contributed by atoms with Gasteiger partial charge in [-0.1, -0.05) is 84.9 Å². The summed E-state index contributed by atoms with van der Waals surface area (Å²) in [6.45, 7) is 0.685. The molecule has 3 atom stereocenters. The Hall–Kier alpha value is -4.47. The number of hydrogen-bond donors (Lipinski definition) is 3. The summed E-state index contributed by atoms with van der Waals surface area (Å²) >= 11 is 0. The molecule has 0 bridgehead atoms. The molecule has 0 saturated carbocycles. The van der Waals surface area contributed by atoms with Gasteiger partial charge in [-0.2, -0.15) is 0 Å². The fourth-order valence-corrected chi connectivity index (χ4v) is 4.89. The van der Waals surface area contributed by atoms with Gasteiger partial charge in [0.15, 0.2) is 0 Å². The average Bonchev–Trinajstić information content (AvgIpc) is 3.06. The minimum absolute atomic E-state index is 0.0231. The highest BCUT2D eigenvalue weighted by Gasteiger charge is 2.26. The third-order valence-corrected chi connectivity index (χ3v) is 7.37. The van der Waals surface area contributed by atoms with E-state index in [9.17, 15) is 19.5 Å². The van der Waals surface area contributed by atoms with Crippen LogP contribution in [0.1, 0.15) is 42.4 Å². The van der Waals surface area contributed by atoms with E-state index in [1.807, 2.05) is 97.1 Å². The molecule has 0 aliphatic carbocycles. The van der Waals surface area contributed by atoms with E-state index >= 15 is 0 Å². The number of rotatable bonds is 13. The van der Waals surface area contributed by atoms with Crippen LogP contribution in [0, 0.1) is 5.92 Å². The number of cyclic esters (lactones) is 1. The van der Waals surface area contributed by atoms with Gasteiger partial charge in [-0.05, 0) is 48.1 Å². The summed E-state index contributed by atoms with van der Waals surface area (Å²) in [5, 5.41) is 15.8. The van der Waals surface area contributed by atoms with Crippen LogP contribution in [0.5, 0.6) is 5.75 Å². The lowest BCUT2D eigenvalue weighted by Crippen LogP contribution is -2.46. The number of esters is 1. The third kappa shape index (κ3) is 12.2. The van der Waals surface area contributed by atoms with Gasteiger partial charge in [-0.25, -0.2) is 0 Å². The topological polar surface area (TPSA) is 123 Å². The fourth-order valence-electron chi connectivity index (χ4n) is 4.89. The first-order valence-electron chi connectivity index (χ1n) is 15.4. The van der Waals surface area contributed by atoms with Gasteiger partial charge in [0.05, 0.1) is 37.8 Å². The molecule has 1 aliphatic heterocycles. The molecule has 3 aromatic rings. The molecule has 45 heavy (non-hydrogen) atoms. The van der Waals surface area contributed by atoms with Crippen molar-refractivity contribution in [3.05, 3.63) is 114 Å². The predicted octanol–water partition coefficient (Wildman–Crippen LogP) is 4.28. The number of amides is 2. The average molecular weight is 615 g/mol. The van der Waals surface area contributed by atoms with E-state index in [1.165, 1.54) is 0 Å². The summed E-state index contributed by atoms with van der Waals surface area (Å²) in [6, 6.07) is 26.0. The molecule has 3 unspecified atom stereocenters. The molecule has 2 amide bonds. The summed E-state index contributed by atoms with van der Waals surface area (Å²) in [4.78, 5) is 38.5. The zero-order valence-electron chi connectivity index (χ0n) is 25.4. The summed E-state index contributed by atoms with van der Waals surface area (Å²) in [7, 11) is 0. The Balaban J connectivity index is 1.30. The van der Waals surface area contributed by atoms with Crippen LogP contribution in [0.25, 0.3) is 0 Å². The molecule has 1 heterocycles. The maximum absolute atomic E-state index is 13.3. The molecular weight excluding hydrogens is 572 g/mol. The highest BCUT2D eigenvalue weighted by Crippen LogP contribution is 2.17. The highest BCUT2D eigenvalue weighted by atomic mass is 16.5. The molecule has 9 heteroatoms. The maximum atomic E-state index is 13.3. The highest BCUT2D eigenvalue weighted by molar-refractivity contribution is 5.86. The number of aliphatic hydroxyl groups is 1. The largest absolute Gasteiger partial charge is 0.489 e. The lowest BCUT2D eigenvalue weighted by atomic mass is 9.98. The van der Waals surface area contributed by atoms with Crippen LogP contribution in [0.4, 0.5) is 0 Å². The van der Waals surface area contributed by atoms with Crippen LogP contribution < -0.4 is 15.4 Å². The van der Waals surface area contributed by atoms with Crippen LogP contribution in [-0.2, 0) is 43.5 Å². The first-order valence-corrected chi connectivity index (χ1v) is 15.4. The van der Waals surface area contributed by atoms with Gasteiger partial charge >= 0.3 is 5.97 Å². The lowest BCUT2D eigenvalue weighted by Gasteiger charge is -2.23. The van der Waals surface area contributed by atoms with E-state index in [2.05, 4.69) is 10.6 Å². The molecule has 1 aliphatic rings. The van der Waals surface area contributed by atoms with Crippen molar-refractivity contribution in [1.82, 2.24) is 10.6 Å². The Morgan fingerprint density at radius 2 is 1.60 bits per heavy atom. The predicted molar refractivity (Wildman–Crippen MR) is 170 cm³/mol. The number of nitrogens with one attached hydrogen (secondary N) is 2. The molecule has 0 aromatic heterocycles. The first-order chi connectivity index (χ1) is 22.0. The number of ether oxygens (including phenoxy) is 3. The standard InChI is InChI=1S/C36H42N2O7/c39-22-31(20-27-16-18-33(19-17-27)44-24-29-12-6-2-7-13-29)37-34(40)21-30-14-8-3-9-15-35(41)45-26-32(38-36(30)42)25-43-23-28-10-4-1-5-11-28/h1-8,10-13,16-19,30-32,39H,9,14-15,20-26H2,(H,37,40)(H,38,42). The summed E-state index contributed by atoms with van der Waals surface area (Å²) in [6.07, 6.45) is 5.05. The van der Waals surface area contributed by atoms with Gasteiger partial charge in [-0.15, -0.1) is 0 Å². The number of carbonyl (C=O) groups excluding carboxylic acids is 3. The van der Waals surface area contributed by atoms with Gasteiger partial charge < -0.3 is 30.0 Å². The smallest absolute Gasteiger partial charge is 0.306 e. The molecule has 0 fully saturated rings. The molecule has 0 radical (unpaired) electrons. The van der Waals surface area contributed by atoms with Crippen LogP contribution in [0.2, 0.25) is 0 Å². The number of allylic oxidation sites excluding steroid dienone is 2. The summed E-state index contributed by atoms with van der Waals surface area (Å²) in [5.74, 6) is -0.921. The normalized spacial score (nSPS) is 18.1. The third-order valence-electron chi connectivity index (χ3n) is 7.37. The fraction of sp³-hybridized carbons (Fsp3) is 0.361. The number of benzene rings is 3. The van der Waals surface area contributed by atoms with Gasteiger partial charge in [0, 0.05) is 12.8 Å². The maximum Gasteiger partial charge on any atom is 0.306 e. The minimum Gasteiger partial charge on any atom is -0.489 e. The Labute approximate surface area is 264 Å². The van der Waals surface area contributed by atoms with Crippen LogP contribution in [0.3, 0.4) is 0 Å². The van der Waals surface area contributed by atoms with Crippen LogP contribution in [-0.4, -0.2) is 54.8 Å². The van der Waals surface area contributed by atoms with E-state index in [0.717, 1.165) is 22.4 Å². The van der Waals surface area contributed by atoms with Crippen molar-refractivity contribution in [2.45, 2.75) is 57.4 Å². The Bertz CT molecular complexity index is 1360. The quantitative estimate of drug-likeness (QED) is 0.194. The minimum atomic E-state index is -0.645. The van der Waals surface area contributed by atoms with Crippen molar-refractivity contribution < 1.29 is 33.7 Å². The van der Waals surface area contributed by atoms with E-state index in [-0.39, 0.29) is 50.4 Å². The molecule has 9 nitrogen and oxygen atoms in total. The zero-order chi connectivity index (χ0) is 31.7. The molecule has 3 N–H and O–H groups in total. The Morgan fingerprint density at radius 3 is 2.29 bits per heavy atom. The second-order valence-corrected chi connectivity index (χ2v) is 11.1. The Kier molecular flexibility index (Phi) is 13.6. The summed E-state index contributed by atoms with van der Waals surface area (Å²) in [5.41, 5.74) is 2.99. The van der Waals surface area contributed by atoms with Crippen LogP contribution >= 0.6 is 0 Å². The molecule has 3 aromatic carbocycles. The SMILES string of the molecule is O=C(CC1CC=CCCC(=O)OCC(COCc2ccccc2)NC1=O)NC(CO)Cc1ccc(OCc2ccccc2)cc1. The van der Waals surface area contributed by atoms with E-state index in [0.29, 0.717) is 32.5 Å². The van der Waals surface area contributed by atoms with Crippen molar-refractivity contribution in [2.75, 3.05) is 19.8 Å². The molecule has 238 valence electrons. The second-order valence-electron chi connectivity index (χ2n) is 11.1. The lowest BCUT2D eigenvalue weighted by molar-refractivity contribution is -0.145. The first kappa shape index (κ1) is 33.4. The van der Waals surface area contributed by atoms with Crippen molar-refractivity contribution >= 4 is 17.8 Å². The van der Waals surface area contributed by atoms with Crippen molar-refractivity contribution in [1.29, 1.82) is 0 Å². The van der Waals surface area contributed by atoms with Gasteiger partial charge in [0.2, 0.25) is 11.8 Å². The number of hydrogen-bond acceptors (Lipinski definition) is 7. The molecular formula is C36H42N2O7. The van der Waals surface area contributed by atoms with Gasteiger partial charge in [-0.3, -0.25) is 14.4 Å².